The maximum absolute atomic E-state index is 13.3. The molecule has 1 aliphatic carbocycles. The lowest BCUT2D eigenvalue weighted by atomic mass is 10.1. The number of hydrogen-bond donors (Lipinski definition) is 0. The van der Waals surface area contributed by atoms with Gasteiger partial charge in [0, 0.05) is 37.4 Å². The number of carbonyl (C=O) groups is 2. The quantitative estimate of drug-likeness (QED) is 0.637. The van der Waals surface area contributed by atoms with Crippen LogP contribution in [0.3, 0.4) is 0 Å². The molecule has 1 saturated heterocycles. The van der Waals surface area contributed by atoms with Crippen molar-refractivity contribution in [3.8, 4) is 5.69 Å². The van der Waals surface area contributed by atoms with Crippen molar-refractivity contribution in [2.75, 3.05) is 26.2 Å². The van der Waals surface area contributed by atoms with Gasteiger partial charge in [-0.3, -0.25) is 9.59 Å². The van der Waals surface area contributed by atoms with Crippen LogP contribution in [0, 0.1) is 5.82 Å². The van der Waals surface area contributed by atoms with Gasteiger partial charge in [-0.25, -0.2) is 9.07 Å². The summed E-state index contributed by atoms with van der Waals surface area (Å²) in [7, 11) is 0. The summed E-state index contributed by atoms with van der Waals surface area (Å²) in [4.78, 5) is 29.5. The number of rotatable bonds is 4. The number of piperazine rings is 1. The number of halogens is 1. The van der Waals surface area contributed by atoms with Gasteiger partial charge in [-0.1, -0.05) is 30.3 Å². The third-order valence-corrected chi connectivity index (χ3v) is 6.32. The Morgan fingerprint density at radius 1 is 0.875 bits per heavy atom. The Hall–Kier alpha value is -3.48. The lowest BCUT2D eigenvalue weighted by Crippen LogP contribution is -2.51. The van der Waals surface area contributed by atoms with Crippen molar-refractivity contribution in [3.63, 3.8) is 0 Å². The fourth-order valence-corrected chi connectivity index (χ4v) is 4.59. The molecule has 32 heavy (non-hydrogen) atoms. The minimum Gasteiger partial charge on any atom is -0.339 e. The first kappa shape index (κ1) is 20.4. The highest BCUT2D eigenvalue weighted by Gasteiger charge is 2.31. The largest absolute Gasteiger partial charge is 0.339 e. The number of nitrogens with zero attached hydrogens (tertiary/aromatic N) is 4. The summed E-state index contributed by atoms with van der Waals surface area (Å²) in [6.45, 7) is 1.96. The van der Waals surface area contributed by atoms with Gasteiger partial charge in [0.25, 0.3) is 5.91 Å². The second kappa shape index (κ2) is 8.57. The molecule has 3 aromatic rings. The Bertz CT molecular complexity index is 1130. The molecule has 5 rings (SSSR count). The molecule has 0 atom stereocenters. The number of benzene rings is 2. The lowest BCUT2D eigenvalue weighted by molar-refractivity contribution is -0.131. The van der Waals surface area contributed by atoms with Crippen LogP contribution in [0.15, 0.2) is 54.6 Å². The first-order valence-electron chi connectivity index (χ1n) is 11.1. The van der Waals surface area contributed by atoms with Crippen molar-refractivity contribution in [1.29, 1.82) is 0 Å². The first-order valence-corrected chi connectivity index (χ1v) is 11.1. The van der Waals surface area contributed by atoms with Crippen LogP contribution >= 0.6 is 0 Å². The topological polar surface area (TPSA) is 58.4 Å². The number of carbonyl (C=O) groups excluding carboxylic acids is 2. The average Bonchev–Trinajstić information content (AvgIpc) is 3.44. The maximum Gasteiger partial charge on any atom is 0.274 e. The molecule has 2 aliphatic rings. The standard InChI is InChI=1S/C25H25FN4O2/c26-19-11-9-18(10-12-19)17-23(31)28-13-15-29(16-14-28)25(32)24-21-7-4-8-22(21)30(27-24)20-5-2-1-3-6-20/h1-3,5-6,9-12H,4,7-8,13-17H2. The van der Waals surface area contributed by atoms with Crippen LogP contribution in [0.1, 0.15) is 33.7 Å². The highest BCUT2D eigenvalue weighted by molar-refractivity contribution is 5.94. The third-order valence-electron chi connectivity index (χ3n) is 6.32. The van der Waals surface area contributed by atoms with E-state index < -0.39 is 0 Å². The van der Waals surface area contributed by atoms with Crippen LogP contribution in [0.4, 0.5) is 4.39 Å². The molecule has 6 nitrogen and oxygen atoms in total. The number of aromatic nitrogens is 2. The van der Waals surface area contributed by atoms with E-state index in [2.05, 4.69) is 0 Å². The molecule has 0 radical (unpaired) electrons. The Morgan fingerprint density at radius 2 is 1.56 bits per heavy atom. The van der Waals surface area contributed by atoms with Crippen molar-refractivity contribution < 1.29 is 14.0 Å². The molecule has 7 heteroatoms. The van der Waals surface area contributed by atoms with Gasteiger partial charge in [0.05, 0.1) is 12.1 Å². The van der Waals surface area contributed by atoms with Crippen molar-refractivity contribution >= 4 is 11.8 Å². The average molecular weight is 432 g/mol. The van der Waals surface area contributed by atoms with Gasteiger partial charge < -0.3 is 9.80 Å². The molecule has 0 bridgehead atoms. The van der Waals surface area contributed by atoms with E-state index in [9.17, 15) is 14.0 Å². The Morgan fingerprint density at radius 3 is 2.28 bits per heavy atom. The summed E-state index contributed by atoms with van der Waals surface area (Å²) in [6, 6.07) is 15.9. The van der Waals surface area contributed by atoms with Crippen molar-refractivity contribution in [3.05, 3.63) is 82.9 Å². The molecule has 2 amide bonds. The Kier molecular flexibility index (Phi) is 5.47. The van der Waals surface area contributed by atoms with E-state index in [1.54, 1.807) is 21.9 Å². The monoisotopic (exact) mass is 432 g/mol. The molecule has 1 aromatic heterocycles. The molecular formula is C25H25FN4O2. The highest BCUT2D eigenvalue weighted by Crippen LogP contribution is 2.28. The van der Waals surface area contributed by atoms with Gasteiger partial charge >= 0.3 is 0 Å². The van der Waals surface area contributed by atoms with Gasteiger partial charge in [0.1, 0.15) is 5.82 Å². The highest BCUT2D eigenvalue weighted by atomic mass is 19.1. The summed E-state index contributed by atoms with van der Waals surface area (Å²) in [5.41, 5.74) is 4.51. The van der Waals surface area contributed by atoms with Crippen molar-refractivity contribution in [1.82, 2.24) is 19.6 Å². The van der Waals surface area contributed by atoms with E-state index in [-0.39, 0.29) is 24.1 Å². The van der Waals surface area contributed by atoms with Gasteiger partial charge in [-0.2, -0.15) is 5.10 Å². The van der Waals surface area contributed by atoms with Crippen LogP contribution in [-0.4, -0.2) is 57.6 Å². The zero-order valence-electron chi connectivity index (χ0n) is 17.8. The van der Waals surface area contributed by atoms with E-state index in [0.717, 1.165) is 41.8 Å². The molecule has 164 valence electrons. The van der Waals surface area contributed by atoms with E-state index >= 15 is 0 Å². The molecular weight excluding hydrogens is 407 g/mol. The zero-order valence-corrected chi connectivity index (χ0v) is 17.8. The third kappa shape index (κ3) is 3.90. The van der Waals surface area contributed by atoms with Gasteiger partial charge in [0.2, 0.25) is 5.91 Å². The van der Waals surface area contributed by atoms with Crippen LogP contribution in [0.5, 0.6) is 0 Å². The van der Waals surface area contributed by atoms with E-state index in [4.69, 9.17) is 5.10 Å². The predicted molar refractivity (Wildman–Crippen MR) is 118 cm³/mol. The zero-order chi connectivity index (χ0) is 22.1. The second-order valence-electron chi connectivity index (χ2n) is 8.35. The molecule has 0 saturated carbocycles. The van der Waals surface area contributed by atoms with Crippen LogP contribution in [-0.2, 0) is 24.1 Å². The molecule has 0 spiro atoms. The van der Waals surface area contributed by atoms with Gasteiger partial charge in [-0.05, 0) is 49.1 Å². The van der Waals surface area contributed by atoms with Gasteiger partial charge in [-0.15, -0.1) is 0 Å². The van der Waals surface area contributed by atoms with Crippen LogP contribution in [0.25, 0.3) is 5.69 Å². The second-order valence-corrected chi connectivity index (χ2v) is 8.35. The van der Waals surface area contributed by atoms with Crippen molar-refractivity contribution in [2.45, 2.75) is 25.7 Å². The lowest BCUT2D eigenvalue weighted by Gasteiger charge is -2.34. The number of para-hydroxylation sites is 1. The van der Waals surface area contributed by atoms with E-state index in [1.165, 1.54) is 12.1 Å². The fraction of sp³-hybridized carbons (Fsp3) is 0.320. The summed E-state index contributed by atoms with van der Waals surface area (Å²) in [6.07, 6.45) is 3.07. The summed E-state index contributed by atoms with van der Waals surface area (Å²) < 4.78 is 15.0. The van der Waals surface area contributed by atoms with E-state index in [0.29, 0.717) is 31.9 Å². The van der Waals surface area contributed by atoms with E-state index in [1.807, 2.05) is 35.0 Å². The fourth-order valence-electron chi connectivity index (χ4n) is 4.59. The molecule has 1 fully saturated rings. The molecule has 0 N–H and O–H groups in total. The first-order chi connectivity index (χ1) is 15.6. The van der Waals surface area contributed by atoms with Gasteiger partial charge in [0.15, 0.2) is 5.69 Å². The smallest absolute Gasteiger partial charge is 0.274 e. The van der Waals surface area contributed by atoms with Crippen LogP contribution in [0.2, 0.25) is 0 Å². The minimum atomic E-state index is -0.311. The SMILES string of the molecule is O=C(Cc1ccc(F)cc1)N1CCN(C(=O)c2nn(-c3ccccc3)c3c2CCC3)CC1. The number of amides is 2. The summed E-state index contributed by atoms with van der Waals surface area (Å²) >= 11 is 0. The Labute approximate surface area is 186 Å². The minimum absolute atomic E-state index is 0.00189. The molecule has 2 aromatic carbocycles. The summed E-state index contributed by atoms with van der Waals surface area (Å²) in [5.74, 6) is -0.365. The normalized spacial score (nSPS) is 15.7. The van der Waals surface area contributed by atoms with Crippen molar-refractivity contribution in [2.24, 2.45) is 0 Å². The molecule has 1 aliphatic heterocycles. The predicted octanol–water partition coefficient (Wildman–Crippen LogP) is 3.03. The maximum atomic E-state index is 13.3. The number of hydrogen-bond acceptors (Lipinski definition) is 3. The molecule has 0 unspecified atom stereocenters. The van der Waals surface area contributed by atoms with Crippen LogP contribution < -0.4 is 0 Å². The number of fused-ring (bicyclic) bond motifs is 1. The Balaban J connectivity index is 1.26. The molecule has 2 heterocycles. The summed E-state index contributed by atoms with van der Waals surface area (Å²) in [5, 5.41) is 4.71.